The minimum atomic E-state index is -0.958. The van der Waals surface area contributed by atoms with Crippen molar-refractivity contribution in [1.82, 2.24) is 5.32 Å². The van der Waals surface area contributed by atoms with Gasteiger partial charge in [0.15, 0.2) is 0 Å². The summed E-state index contributed by atoms with van der Waals surface area (Å²) >= 11 is 0. The number of aliphatic hydroxyl groups is 1. The van der Waals surface area contributed by atoms with Crippen molar-refractivity contribution in [2.75, 3.05) is 13.2 Å². The number of aliphatic carboxylic acids is 1. The van der Waals surface area contributed by atoms with Gasteiger partial charge in [-0.2, -0.15) is 0 Å². The van der Waals surface area contributed by atoms with Crippen LogP contribution in [0.5, 0.6) is 0 Å². The quantitative estimate of drug-likeness (QED) is 0.609. The summed E-state index contributed by atoms with van der Waals surface area (Å²) < 4.78 is 0. The van der Waals surface area contributed by atoms with Crippen LogP contribution in [0, 0.1) is 10.8 Å². The van der Waals surface area contributed by atoms with E-state index in [9.17, 15) is 14.7 Å². The molecule has 18 heavy (non-hydrogen) atoms. The number of rotatable bonds is 8. The maximum Gasteiger partial charge on any atom is 0.310 e. The molecule has 1 aliphatic rings. The molecule has 1 saturated carbocycles. The van der Waals surface area contributed by atoms with Crippen LogP contribution in [0.2, 0.25) is 0 Å². The number of aliphatic hydroxyl groups excluding tert-OH is 1. The first kappa shape index (κ1) is 15.0. The third-order valence-corrected chi connectivity index (χ3v) is 4.26. The fraction of sp³-hybridized carbons (Fsp3) is 0.846. The predicted octanol–water partition coefficient (Wildman–Crippen LogP) is 1.16. The molecule has 0 unspecified atom stereocenters. The summed E-state index contributed by atoms with van der Waals surface area (Å²) in [7, 11) is 0. The van der Waals surface area contributed by atoms with Crippen molar-refractivity contribution >= 4 is 11.9 Å². The molecule has 5 nitrogen and oxygen atoms in total. The minimum Gasteiger partial charge on any atom is -0.481 e. The first-order valence-corrected chi connectivity index (χ1v) is 6.54. The Balaban J connectivity index is 2.49. The lowest BCUT2D eigenvalue weighted by Crippen LogP contribution is -2.39. The zero-order chi connectivity index (χ0) is 13.8. The molecule has 0 heterocycles. The van der Waals surface area contributed by atoms with E-state index in [2.05, 4.69) is 5.32 Å². The van der Waals surface area contributed by atoms with Gasteiger partial charge in [-0.15, -0.1) is 0 Å². The van der Waals surface area contributed by atoms with Crippen LogP contribution in [0.3, 0.4) is 0 Å². The molecule has 0 atom stereocenters. The second kappa shape index (κ2) is 5.69. The molecule has 0 aromatic heterocycles. The maximum atomic E-state index is 11.8. The molecule has 0 aliphatic heterocycles. The lowest BCUT2D eigenvalue weighted by Gasteiger charge is -2.26. The average molecular weight is 257 g/mol. The molecule has 1 aliphatic carbocycles. The Morgan fingerprint density at radius 1 is 1.28 bits per heavy atom. The van der Waals surface area contributed by atoms with Gasteiger partial charge in [0.2, 0.25) is 5.91 Å². The van der Waals surface area contributed by atoms with Crippen LogP contribution in [0.1, 0.15) is 46.0 Å². The van der Waals surface area contributed by atoms with Gasteiger partial charge in [0.1, 0.15) is 0 Å². The number of carbonyl (C=O) groups excluding carboxylic acids is 1. The highest BCUT2D eigenvalue weighted by Gasteiger charge is 2.43. The van der Waals surface area contributed by atoms with E-state index in [0.29, 0.717) is 19.4 Å². The summed E-state index contributed by atoms with van der Waals surface area (Å²) in [6.45, 7) is 4.12. The van der Waals surface area contributed by atoms with Crippen LogP contribution in [0.4, 0.5) is 0 Å². The zero-order valence-corrected chi connectivity index (χ0v) is 11.2. The fourth-order valence-corrected chi connectivity index (χ4v) is 2.10. The number of amides is 1. The number of hydrogen-bond donors (Lipinski definition) is 3. The monoisotopic (exact) mass is 257 g/mol. The molecule has 0 spiro atoms. The summed E-state index contributed by atoms with van der Waals surface area (Å²) in [5.74, 6) is -1.15. The SMILES string of the molecule is CCC(CC)(CC(=O)NCC1(CO)CC1)C(=O)O. The number of hydrogen-bond acceptors (Lipinski definition) is 3. The van der Waals surface area contributed by atoms with E-state index >= 15 is 0 Å². The number of carboxylic acid groups (broad SMARTS) is 1. The number of carbonyl (C=O) groups is 2. The molecule has 0 aromatic carbocycles. The molecule has 0 aromatic rings. The van der Waals surface area contributed by atoms with Gasteiger partial charge >= 0.3 is 5.97 Å². The number of carboxylic acids is 1. The summed E-state index contributed by atoms with van der Waals surface area (Å²) in [4.78, 5) is 23.1. The fourth-order valence-electron chi connectivity index (χ4n) is 2.10. The second-order valence-corrected chi connectivity index (χ2v) is 5.40. The standard InChI is InChI=1S/C13H23NO4/c1-3-13(4-2,11(17)18)7-10(16)14-8-12(9-15)5-6-12/h15H,3-9H2,1-2H3,(H,14,16)(H,17,18). The van der Waals surface area contributed by atoms with Crippen molar-refractivity contribution in [3.8, 4) is 0 Å². The Hall–Kier alpha value is -1.10. The van der Waals surface area contributed by atoms with Gasteiger partial charge < -0.3 is 15.5 Å². The van der Waals surface area contributed by atoms with Gasteiger partial charge in [-0.1, -0.05) is 13.8 Å². The molecule has 0 bridgehead atoms. The van der Waals surface area contributed by atoms with Crippen LogP contribution < -0.4 is 5.32 Å². The van der Waals surface area contributed by atoms with E-state index in [-0.39, 0.29) is 24.3 Å². The summed E-state index contributed by atoms with van der Waals surface area (Å²) in [5.41, 5.74) is -1.10. The second-order valence-electron chi connectivity index (χ2n) is 5.40. The molecule has 1 amide bonds. The van der Waals surface area contributed by atoms with E-state index in [1.807, 2.05) is 0 Å². The van der Waals surface area contributed by atoms with Crippen molar-refractivity contribution in [3.05, 3.63) is 0 Å². The average Bonchev–Trinajstić information content (AvgIpc) is 3.14. The Morgan fingerprint density at radius 3 is 2.17 bits per heavy atom. The minimum absolute atomic E-state index is 0.0108. The molecule has 104 valence electrons. The van der Waals surface area contributed by atoms with Crippen molar-refractivity contribution in [2.24, 2.45) is 10.8 Å². The first-order valence-electron chi connectivity index (χ1n) is 6.54. The largest absolute Gasteiger partial charge is 0.481 e. The molecular formula is C13H23NO4. The van der Waals surface area contributed by atoms with Crippen molar-refractivity contribution in [3.63, 3.8) is 0 Å². The maximum absolute atomic E-state index is 11.8. The van der Waals surface area contributed by atoms with E-state index in [1.165, 1.54) is 0 Å². The van der Waals surface area contributed by atoms with E-state index in [1.54, 1.807) is 13.8 Å². The highest BCUT2D eigenvalue weighted by Crippen LogP contribution is 2.44. The lowest BCUT2D eigenvalue weighted by molar-refractivity contribution is -0.152. The first-order chi connectivity index (χ1) is 8.43. The smallest absolute Gasteiger partial charge is 0.310 e. The van der Waals surface area contributed by atoms with Gasteiger partial charge in [-0.25, -0.2) is 0 Å². The highest BCUT2D eigenvalue weighted by molar-refractivity contribution is 5.84. The Bertz CT molecular complexity index is 319. The third-order valence-electron chi connectivity index (χ3n) is 4.26. The van der Waals surface area contributed by atoms with E-state index in [0.717, 1.165) is 12.8 Å². The predicted molar refractivity (Wildman–Crippen MR) is 67.0 cm³/mol. The van der Waals surface area contributed by atoms with E-state index < -0.39 is 11.4 Å². The zero-order valence-electron chi connectivity index (χ0n) is 11.2. The highest BCUT2D eigenvalue weighted by atomic mass is 16.4. The molecule has 3 N–H and O–H groups in total. The summed E-state index contributed by atoms with van der Waals surface area (Å²) in [6, 6.07) is 0. The van der Waals surface area contributed by atoms with Gasteiger partial charge in [0.05, 0.1) is 12.0 Å². The van der Waals surface area contributed by atoms with E-state index in [4.69, 9.17) is 5.11 Å². The molecule has 1 fully saturated rings. The Morgan fingerprint density at radius 2 is 1.83 bits per heavy atom. The summed E-state index contributed by atoms with van der Waals surface area (Å²) in [5, 5.41) is 21.1. The van der Waals surface area contributed by atoms with Gasteiger partial charge in [0.25, 0.3) is 0 Å². The molecule has 0 saturated heterocycles. The topological polar surface area (TPSA) is 86.6 Å². The van der Waals surface area contributed by atoms with Gasteiger partial charge in [-0.05, 0) is 25.7 Å². The molecule has 1 rings (SSSR count). The van der Waals surface area contributed by atoms with Crippen LogP contribution in [-0.2, 0) is 9.59 Å². The molecule has 5 heteroatoms. The van der Waals surface area contributed by atoms with Gasteiger partial charge in [0, 0.05) is 18.4 Å². The Kier molecular flexibility index (Phi) is 4.73. The van der Waals surface area contributed by atoms with Crippen LogP contribution in [-0.4, -0.2) is 35.2 Å². The number of nitrogens with one attached hydrogen (secondary N) is 1. The lowest BCUT2D eigenvalue weighted by atomic mass is 9.79. The van der Waals surface area contributed by atoms with Crippen LogP contribution in [0.25, 0.3) is 0 Å². The van der Waals surface area contributed by atoms with Crippen LogP contribution >= 0.6 is 0 Å². The Labute approximate surface area is 108 Å². The molecular weight excluding hydrogens is 234 g/mol. The summed E-state index contributed by atoms with van der Waals surface area (Å²) in [6.07, 6.45) is 2.75. The normalized spacial score (nSPS) is 17.3. The van der Waals surface area contributed by atoms with Crippen molar-refractivity contribution in [2.45, 2.75) is 46.0 Å². The molecule has 0 radical (unpaired) electrons. The van der Waals surface area contributed by atoms with Crippen molar-refractivity contribution in [1.29, 1.82) is 0 Å². The third kappa shape index (κ3) is 3.22. The van der Waals surface area contributed by atoms with Gasteiger partial charge in [-0.3, -0.25) is 9.59 Å². The van der Waals surface area contributed by atoms with Crippen molar-refractivity contribution < 1.29 is 19.8 Å². The van der Waals surface area contributed by atoms with Crippen LogP contribution in [0.15, 0.2) is 0 Å².